The maximum absolute atomic E-state index is 13.5. The number of ketones is 1. The molecule has 2 aliphatic rings. The van der Waals surface area contributed by atoms with Gasteiger partial charge in [-0.2, -0.15) is 0 Å². The summed E-state index contributed by atoms with van der Waals surface area (Å²) in [7, 11) is 5.23. The summed E-state index contributed by atoms with van der Waals surface area (Å²) in [5, 5.41) is 0.212. The zero-order chi connectivity index (χ0) is 24.9. The highest BCUT2D eigenvalue weighted by Crippen LogP contribution is 2.34. The number of methoxy groups -OCH3 is 4. The Morgan fingerprint density at radius 3 is 1.63 bits per heavy atom. The average molecular weight is 498 g/mol. The van der Waals surface area contributed by atoms with E-state index in [0.717, 1.165) is 24.0 Å². The van der Waals surface area contributed by atoms with E-state index in [4.69, 9.17) is 18.9 Å². The first-order valence-corrected chi connectivity index (χ1v) is 12.7. The Morgan fingerprint density at radius 2 is 1.23 bits per heavy atom. The van der Waals surface area contributed by atoms with Crippen molar-refractivity contribution in [1.29, 1.82) is 0 Å². The van der Waals surface area contributed by atoms with E-state index in [0.29, 0.717) is 47.0 Å². The van der Waals surface area contributed by atoms with Crippen molar-refractivity contribution in [1.82, 2.24) is 4.72 Å². The molecule has 0 amide bonds. The Hall–Kier alpha value is -3.10. The van der Waals surface area contributed by atoms with Crippen LogP contribution in [-0.4, -0.2) is 49.7 Å². The first-order valence-electron chi connectivity index (χ1n) is 11.5. The molecule has 2 fully saturated rings. The van der Waals surface area contributed by atoms with Crippen LogP contribution >= 0.6 is 0 Å². The van der Waals surface area contributed by atoms with E-state index in [1.165, 1.54) is 0 Å². The third-order valence-corrected chi connectivity index (χ3v) is 7.77. The SMILES string of the molecule is COc1ccc(/C=C2\CC(NS(=O)C3CC3)C/C(=C\c3ccc(OC)c(OC)c3)C2=O)cc1OC. The Labute approximate surface area is 208 Å². The molecule has 8 heteroatoms. The van der Waals surface area contributed by atoms with Gasteiger partial charge in [-0.15, -0.1) is 0 Å². The van der Waals surface area contributed by atoms with Crippen LogP contribution in [-0.2, 0) is 15.8 Å². The van der Waals surface area contributed by atoms with E-state index in [2.05, 4.69) is 4.72 Å². The van der Waals surface area contributed by atoms with Crippen LogP contribution in [0.3, 0.4) is 0 Å². The zero-order valence-electron chi connectivity index (χ0n) is 20.5. The molecule has 0 aliphatic heterocycles. The van der Waals surface area contributed by atoms with Gasteiger partial charge in [0.15, 0.2) is 28.8 Å². The highest BCUT2D eigenvalue weighted by Gasteiger charge is 2.33. The minimum absolute atomic E-state index is 0.0233. The number of nitrogens with one attached hydrogen (secondary N) is 1. The van der Waals surface area contributed by atoms with Gasteiger partial charge >= 0.3 is 0 Å². The van der Waals surface area contributed by atoms with Crippen LogP contribution < -0.4 is 23.7 Å². The van der Waals surface area contributed by atoms with Gasteiger partial charge in [0.1, 0.15) is 0 Å². The molecule has 1 unspecified atom stereocenters. The molecule has 0 bridgehead atoms. The van der Waals surface area contributed by atoms with Crippen molar-refractivity contribution in [3.8, 4) is 23.0 Å². The minimum atomic E-state index is -1.10. The molecular formula is C27H31NO6S. The fourth-order valence-electron chi connectivity index (χ4n) is 4.16. The molecule has 1 N–H and O–H groups in total. The Kier molecular flexibility index (Phi) is 7.93. The van der Waals surface area contributed by atoms with Gasteiger partial charge in [-0.3, -0.25) is 4.79 Å². The monoisotopic (exact) mass is 497 g/mol. The van der Waals surface area contributed by atoms with E-state index >= 15 is 0 Å². The first-order chi connectivity index (χ1) is 16.9. The molecule has 2 saturated carbocycles. The molecular weight excluding hydrogens is 466 g/mol. The van der Waals surface area contributed by atoms with E-state index in [-0.39, 0.29) is 17.1 Å². The molecule has 186 valence electrons. The number of carbonyl (C=O) groups excluding carboxylic acids is 1. The van der Waals surface area contributed by atoms with Gasteiger partial charge in [-0.05, 0) is 73.2 Å². The third-order valence-electron chi connectivity index (χ3n) is 6.12. The highest BCUT2D eigenvalue weighted by molar-refractivity contribution is 7.84. The lowest BCUT2D eigenvalue weighted by molar-refractivity contribution is -0.113. The summed E-state index contributed by atoms with van der Waals surface area (Å²) in [6, 6.07) is 11.0. The van der Waals surface area contributed by atoms with Crippen molar-refractivity contribution in [2.45, 2.75) is 37.0 Å². The van der Waals surface area contributed by atoms with Crippen LogP contribution in [0.2, 0.25) is 0 Å². The van der Waals surface area contributed by atoms with E-state index in [1.807, 2.05) is 48.6 Å². The normalized spacial score (nSPS) is 21.1. The minimum Gasteiger partial charge on any atom is -0.493 e. The highest BCUT2D eigenvalue weighted by atomic mass is 32.2. The fraction of sp³-hybridized carbons (Fsp3) is 0.370. The van der Waals surface area contributed by atoms with Gasteiger partial charge in [-0.25, -0.2) is 8.93 Å². The predicted molar refractivity (Wildman–Crippen MR) is 137 cm³/mol. The Balaban J connectivity index is 1.68. The lowest BCUT2D eigenvalue weighted by atomic mass is 9.84. The number of benzene rings is 2. The summed E-state index contributed by atoms with van der Waals surface area (Å²) in [4.78, 5) is 13.5. The Bertz CT molecular complexity index is 1110. The fourth-order valence-corrected chi connectivity index (χ4v) is 5.41. The van der Waals surface area contributed by atoms with E-state index in [1.54, 1.807) is 28.4 Å². The molecule has 2 aromatic rings. The molecule has 35 heavy (non-hydrogen) atoms. The van der Waals surface area contributed by atoms with Crippen molar-refractivity contribution >= 4 is 28.9 Å². The van der Waals surface area contributed by atoms with Crippen molar-refractivity contribution in [2.24, 2.45) is 0 Å². The topological polar surface area (TPSA) is 83.1 Å². The predicted octanol–water partition coefficient (Wildman–Crippen LogP) is 4.34. The zero-order valence-corrected chi connectivity index (χ0v) is 21.3. The van der Waals surface area contributed by atoms with Crippen molar-refractivity contribution in [2.75, 3.05) is 28.4 Å². The Morgan fingerprint density at radius 1 is 0.771 bits per heavy atom. The molecule has 7 nitrogen and oxygen atoms in total. The molecule has 0 spiro atoms. The molecule has 0 aromatic heterocycles. The van der Waals surface area contributed by atoms with Crippen molar-refractivity contribution in [3.05, 3.63) is 58.7 Å². The lowest BCUT2D eigenvalue weighted by Crippen LogP contribution is -2.37. The van der Waals surface area contributed by atoms with Crippen LogP contribution in [0.4, 0.5) is 0 Å². The second-order valence-corrected chi connectivity index (χ2v) is 10.1. The van der Waals surface area contributed by atoms with E-state index in [9.17, 15) is 9.00 Å². The standard InChI is InChI=1S/C27H31NO6S/c1-31-23-9-5-17(13-25(23)33-3)11-19-15-21(28-35(30)22-7-8-22)16-20(27(19)29)12-18-6-10-24(32-2)26(14-18)34-4/h5-6,9-14,21-22,28H,7-8,15-16H2,1-4H3/b19-11+,20-12+. The first kappa shape index (κ1) is 25.0. The molecule has 2 aromatic carbocycles. The summed E-state index contributed by atoms with van der Waals surface area (Å²) in [5.74, 6) is 2.41. The summed E-state index contributed by atoms with van der Waals surface area (Å²) in [6.45, 7) is 0. The average Bonchev–Trinajstić information content (AvgIpc) is 3.72. The van der Waals surface area contributed by atoms with Crippen LogP contribution in [0, 0.1) is 0 Å². The van der Waals surface area contributed by atoms with Crippen LogP contribution in [0.5, 0.6) is 23.0 Å². The van der Waals surface area contributed by atoms with Gasteiger partial charge in [0.25, 0.3) is 0 Å². The maximum Gasteiger partial charge on any atom is 0.185 e. The van der Waals surface area contributed by atoms with Crippen molar-refractivity contribution in [3.63, 3.8) is 0 Å². The molecule has 1 atom stereocenters. The van der Waals surface area contributed by atoms with E-state index < -0.39 is 11.0 Å². The summed E-state index contributed by atoms with van der Waals surface area (Å²) >= 11 is 0. The van der Waals surface area contributed by atoms with Gasteiger partial charge in [0.2, 0.25) is 0 Å². The second-order valence-electron chi connectivity index (χ2n) is 8.62. The number of ether oxygens (including phenoxy) is 4. The third kappa shape index (κ3) is 5.94. The lowest BCUT2D eigenvalue weighted by Gasteiger charge is -2.26. The largest absolute Gasteiger partial charge is 0.493 e. The number of Topliss-reactive ketones (excluding diaryl/α,β-unsaturated/α-hetero) is 1. The summed E-state index contributed by atoms with van der Waals surface area (Å²) in [6.07, 6.45) is 6.70. The number of rotatable bonds is 9. The van der Waals surface area contributed by atoms with Gasteiger partial charge in [0, 0.05) is 22.4 Å². The smallest absolute Gasteiger partial charge is 0.185 e. The van der Waals surface area contributed by atoms with Crippen LogP contribution in [0.15, 0.2) is 47.5 Å². The van der Waals surface area contributed by atoms with Gasteiger partial charge in [-0.1, -0.05) is 12.1 Å². The quantitative estimate of drug-likeness (QED) is 0.519. The summed E-state index contributed by atoms with van der Waals surface area (Å²) < 4.78 is 37.4. The molecule has 4 rings (SSSR count). The molecule has 0 heterocycles. The molecule has 2 aliphatic carbocycles. The van der Waals surface area contributed by atoms with Crippen molar-refractivity contribution < 1.29 is 28.0 Å². The van der Waals surface area contributed by atoms with Crippen LogP contribution in [0.1, 0.15) is 36.8 Å². The molecule has 0 saturated heterocycles. The number of hydrogen-bond donors (Lipinski definition) is 1. The molecule has 0 radical (unpaired) electrons. The van der Waals surface area contributed by atoms with Crippen LogP contribution in [0.25, 0.3) is 12.2 Å². The van der Waals surface area contributed by atoms with Gasteiger partial charge in [0.05, 0.1) is 39.4 Å². The summed E-state index contributed by atoms with van der Waals surface area (Å²) in [5.41, 5.74) is 2.97. The second kappa shape index (κ2) is 11.1. The number of carbonyl (C=O) groups is 1. The maximum atomic E-state index is 13.5. The van der Waals surface area contributed by atoms with Gasteiger partial charge < -0.3 is 18.9 Å². The number of hydrogen-bond acceptors (Lipinski definition) is 6.